The van der Waals surface area contributed by atoms with Crippen molar-refractivity contribution in [2.24, 2.45) is 0 Å². The highest BCUT2D eigenvalue weighted by Crippen LogP contribution is 2.27. The summed E-state index contributed by atoms with van der Waals surface area (Å²) in [6, 6.07) is 6.60. The summed E-state index contributed by atoms with van der Waals surface area (Å²) in [7, 11) is 0. The van der Waals surface area contributed by atoms with Crippen molar-refractivity contribution in [1.29, 1.82) is 0 Å². The van der Waals surface area contributed by atoms with Crippen LogP contribution in [0.1, 0.15) is 48.3 Å². The molecular formula is C22H25FN4O2. The summed E-state index contributed by atoms with van der Waals surface area (Å²) in [5.74, 6) is 0.768. The van der Waals surface area contributed by atoms with Crippen LogP contribution in [0.3, 0.4) is 0 Å². The summed E-state index contributed by atoms with van der Waals surface area (Å²) in [6.07, 6.45) is 4.12. The van der Waals surface area contributed by atoms with E-state index in [1.165, 1.54) is 6.07 Å². The van der Waals surface area contributed by atoms with Crippen LogP contribution in [-0.4, -0.2) is 51.2 Å². The van der Waals surface area contributed by atoms with Crippen LogP contribution in [0.25, 0.3) is 0 Å². The first kappa shape index (κ1) is 19.5. The zero-order valence-corrected chi connectivity index (χ0v) is 16.6. The largest absolute Gasteiger partial charge is 0.342 e. The van der Waals surface area contributed by atoms with Crippen molar-refractivity contribution < 1.29 is 14.0 Å². The van der Waals surface area contributed by atoms with E-state index in [4.69, 9.17) is 4.98 Å². The van der Waals surface area contributed by atoms with Crippen LogP contribution in [0.4, 0.5) is 4.39 Å². The van der Waals surface area contributed by atoms with Gasteiger partial charge < -0.3 is 9.80 Å². The number of fused-ring (bicyclic) bond motifs is 1. The molecule has 2 aliphatic heterocycles. The molecule has 1 saturated heterocycles. The van der Waals surface area contributed by atoms with Crippen molar-refractivity contribution in [3.8, 4) is 0 Å². The fraction of sp³-hybridized carbons (Fsp3) is 0.455. The molecule has 1 aromatic carbocycles. The summed E-state index contributed by atoms with van der Waals surface area (Å²) >= 11 is 0. The third-order valence-corrected chi connectivity index (χ3v) is 5.87. The number of aryl methyl sites for hydroxylation is 1. The van der Waals surface area contributed by atoms with E-state index in [9.17, 15) is 14.0 Å². The number of likely N-dealkylation sites (tertiary alicyclic amines) is 1. The van der Waals surface area contributed by atoms with Gasteiger partial charge >= 0.3 is 0 Å². The number of rotatable bonds is 4. The Morgan fingerprint density at radius 3 is 2.83 bits per heavy atom. The van der Waals surface area contributed by atoms with Crippen molar-refractivity contribution in [2.75, 3.05) is 19.6 Å². The van der Waals surface area contributed by atoms with Crippen LogP contribution in [-0.2, 0) is 29.0 Å². The zero-order chi connectivity index (χ0) is 20.4. The fourth-order valence-electron chi connectivity index (χ4n) is 4.10. The Balaban J connectivity index is 1.35. The molecule has 0 radical (unpaired) electrons. The Hall–Kier alpha value is -2.83. The van der Waals surface area contributed by atoms with Gasteiger partial charge in [0, 0.05) is 63.6 Å². The highest BCUT2D eigenvalue weighted by atomic mass is 19.1. The number of hydrogen-bond acceptors (Lipinski definition) is 4. The van der Waals surface area contributed by atoms with Gasteiger partial charge in [-0.2, -0.15) is 0 Å². The predicted molar refractivity (Wildman–Crippen MR) is 105 cm³/mol. The first-order valence-corrected chi connectivity index (χ1v) is 10.1. The highest BCUT2D eigenvalue weighted by molar-refractivity contribution is 5.77. The number of carbonyl (C=O) groups excluding carboxylic acids is 2. The van der Waals surface area contributed by atoms with Gasteiger partial charge in [-0.15, -0.1) is 0 Å². The topological polar surface area (TPSA) is 66.4 Å². The minimum absolute atomic E-state index is 0.0470. The third kappa shape index (κ3) is 4.28. The molecule has 4 rings (SSSR count). The molecule has 3 heterocycles. The van der Waals surface area contributed by atoms with E-state index >= 15 is 0 Å². The molecule has 7 heteroatoms. The number of hydrogen-bond donors (Lipinski definition) is 0. The standard InChI is InChI=1S/C22H25FN4O2/c1-15(28)26-11-9-20-18(14-26)12-24-22(25-20)17-8-10-27(13-17)21(29)7-6-16-4-2-3-5-19(16)23/h2-5,12,17H,6-11,13-14H2,1H3/t17-/m1/s1. The monoisotopic (exact) mass is 396 g/mol. The fourth-order valence-corrected chi connectivity index (χ4v) is 4.10. The lowest BCUT2D eigenvalue weighted by Crippen LogP contribution is -2.35. The lowest BCUT2D eigenvalue weighted by molar-refractivity contribution is -0.130. The molecule has 1 aromatic heterocycles. The van der Waals surface area contributed by atoms with Gasteiger partial charge in [0.15, 0.2) is 0 Å². The maximum atomic E-state index is 13.7. The van der Waals surface area contributed by atoms with Gasteiger partial charge in [0.2, 0.25) is 11.8 Å². The van der Waals surface area contributed by atoms with Crippen LogP contribution in [0.15, 0.2) is 30.5 Å². The van der Waals surface area contributed by atoms with Crippen LogP contribution < -0.4 is 0 Å². The molecule has 152 valence electrons. The van der Waals surface area contributed by atoms with Crippen LogP contribution >= 0.6 is 0 Å². The average molecular weight is 396 g/mol. The van der Waals surface area contributed by atoms with Crippen molar-refractivity contribution in [3.63, 3.8) is 0 Å². The number of aromatic nitrogens is 2. The lowest BCUT2D eigenvalue weighted by atomic mass is 10.0. The molecule has 0 aliphatic carbocycles. The first-order chi connectivity index (χ1) is 14.0. The minimum atomic E-state index is -0.259. The van der Waals surface area contributed by atoms with Gasteiger partial charge in [0.05, 0.1) is 5.69 Å². The summed E-state index contributed by atoms with van der Waals surface area (Å²) in [5, 5.41) is 0. The molecule has 0 N–H and O–H groups in total. The average Bonchev–Trinajstić information content (AvgIpc) is 3.22. The molecule has 2 amide bonds. The number of halogens is 1. The summed E-state index contributed by atoms with van der Waals surface area (Å²) in [5.41, 5.74) is 2.59. The van der Waals surface area contributed by atoms with Gasteiger partial charge in [-0.25, -0.2) is 14.4 Å². The van der Waals surface area contributed by atoms with Crippen LogP contribution in [0.2, 0.25) is 0 Å². The Morgan fingerprint density at radius 1 is 1.21 bits per heavy atom. The van der Waals surface area contributed by atoms with Crippen LogP contribution in [0, 0.1) is 5.82 Å². The number of nitrogens with zero attached hydrogens (tertiary/aromatic N) is 4. The van der Waals surface area contributed by atoms with E-state index in [1.807, 2.05) is 11.1 Å². The smallest absolute Gasteiger partial charge is 0.222 e. The van der Waals surface area contributed by atoms with Gasteiger partial charge in [-0.1, -0.05) is 18.2 Å². The summed E-state index contributed by atoms with van der Waals surface area (Å²) < 4.78 is 13.7. The predicted octanol–water partition coefficient (Wildman–Crippen LogP) is 2.47. The molecular weight excluding hydrogens is 371 g/mol. The van der Waals surface area contributed by atoms with E-state index in [0.717, 1.165) is 29.9 Å². The Labute approximate surface area is 169 Å². The summed E-state index contributed by atoms with van der Waals surface area (Å²) in [4.78, 5) is 37.1. The van der Waals surface area contributed by atoms with Gasteiger partial charge in [0.25, 0.3) is 0 Å². The number of benzene rings is 1. The maximum Gasteiger partial charge on any atom is 0.222 e. The van der Waals surface area contributed by atoms with Gasteiger partial charge in [0.1, 0.15) is 11.6 Å². The second kappa shape index (κ2) is 8.27. The third-order valence-electron chi connectivity index (χ3n) is 5.87. The summed E-state index contributed by atoms with van der Waals surface area (Å²) in [6.45, 7) is 4.12. The Morgan fingerprint density at radius 2 is 2.03 bits per heavy atom. The number of amides is 2. The van der Waals surface area contributed by atoms with E-state index < -0.39 is 0 Å². The van der Waals surface area contributed by atoms with E-state index in [-0.39, 0.29) is 23.5 Å². The quantitative estimate of drug-likeness (QED) is 0.796. The Kier molecular flexibility index (Phi) is 5.56. The second-order valence-corrected chi connectivity index (χ2v) is 7.81. The molecule has 29 heavy (non-hydrogen) atoms. The molecule has 2 aromatic rings. The normalized spacial score (nSPS) is 18.6. The van der Waals surface area contributed by atoms with Crippen molar-refractivity contribution in [3.05, 3.63) is 58.9 Å². The first-order valence-electron chi connectivity index (χ1n) is 10.1. The molecule has 2 aliphatic rings. The zero-order valence-electron chi connectivity index (χ0n) is 16.6. The van der Waals surface area contributed by atoms with E-state index in [1.54, 1.807) is 30.0 Å². The van der Waals surface area contributed by atoms with Crippen molar-refractivity contribution >= 4 is 11.8 Å². The molecule has 1 fully saturated rings. The lowest BCUT2D eigenvalue weighted by Gasteiger charge is -2.27. The van der Waals surface area contributed by atoms with Gasteiger partial charge in [-0.05, 0) is 24.5 Å². The van der Waals surface area contributed by atoms with Crippen molar-refractivity contribution in [2.45, 2.75) is 45.1 Å². The number of carbonyl (C=O) groups is 2. The minimum Gasteiger partial charge on any atom is -0.342 e. The Bertz CT molecular complexity index is 933. The highest BCUT2D eigenvalue weighted by Gasteiger charge is 2.30. The molecule has 1 atom stereocenters. The van der Waals surface area contributed by atoms with Crippen molar-refractivity contribution in [1.82, 2.24) is 19.8 Å². The SMILES string of the molecule is CC(=O)N1CCc2nc([C@@H]3CCN(C(=O)CCc4ccccc4F)C3)ncc2C1. The molecule has 0 bridgehead atoms. The molecule has 0 saturated carbocycles. The molecule has 6 nitrogen and oxygen atoms in total. The second-order valence-electron chi connectivity index (χ2n) is 7.81. The van der Waals surface area contributed by atoms with E-state index in [0.29, 0.717) is 44.6 Å². The van der Waals surface area contributed by atoms with Gasteiger partial charge in [-0.3, -0.25) is 9.59 Å². The molecule has 0 spiro atoms. The van der Waals surface area contributed by atoms with Crippen LogP contribution in [0.5, 0.6) is 0 Å². The molecule has 0 unspecified atom stereocenters. The van der Waals surface area contributed by atoms with E-state index in [2.05, 4.69) is 4.98 Å². The maximum absolute atomic E-state index is 13.7.